The predicted octanol–water partition coefficient (Wildman–Crippen LogP) is 3.60. The Hall–Kier alpha value is -2.37. The number of amides is 1. The Kier molecular flexibility index (Phi) is 4.89. The van der Waals surface area contributed by atoms with E-state index in [1.165, 1.54) is 5.56 Å². The maximum atomic E-state index is 13.2. The minimum Gasteiger partial charge on any atom is -0.479 e. The van der Waals surface area contributed by atoms with E-state index >= 15 is 0 Å². The number of hydrogen-bond donors (Lipinski definition) is 1. The molecule has 0 spiro atoms. The zero-order valence-electron chi connectivity index (χ0n) is 14.7. The van der Waals surface area contributed by atoms with Crippen LogP contribution in [0.15, 0.2) is 48.5 Å². The number of carbonyl (C=O) groups excluding carboxylic acids is 1. The van der Waals surface area contributed by atoms with Crippen LogP contribution in [0.3, 0.4) is 0 Å². The molecule has 0 aliphatic carbocycles. The Labute approximate surface area is 162 Å². The average molecular weight is 386 g/mol. The molecule has 0 saturated carbocycles. The number of ether oxygens (including phenoxy) is 1. The molecular weight excluding hydrogens is 366 g/mol. The van der Waals surface area contributed by atoms with Crippen molar-refractivity contribution in [3.63, 3.8) is 0 Å². The number of benzene rings is 2. The molecule has 140 valence electrons. The number of halogens is 1. The van der Waals surface area contributed by atoms with Gasteiger partial charge in [0.1, 0.15) is 6.10 Å². The summed E-state index contributed by atoms with van der Waals surface area (Å²) in [6.45, 7) is 0.436. The zero-order valence-corrected chi connectivity index (χ0v) is 15.4. The summed E-state index contributed by atoms with van der Waals surface area (Å²) in [5, 5.41) is 9.79. The van der Waals surface area contributed by atoms with Gasteiger partial charge in [0.15, 0.2) is 6.10 Å². The molecule has 0 aromatic heterocycles. The molecule has 4 rings (SSSR count). The summed E-state index contributed by atoms with van der Waals surface area (Å²) >= 11 is 6.14. The lowest BCUT2D eigenvalue weighted by atomic mass is 9.89. The van der Waals surface area contributed by atoms with Crippen LogP contribution in [0.25, 0.3) is 0 Å². The second-order valence-electron chi connectivity index (χ2n) is 7.04. The first-order valence-corrected chi connectivity index (χ1v) is 9.41. The minimum absolute atomic E-state index is 0.111. The van der Waals surface area contributed by atoms with Gasteiger partial charge in [0.25, 0.3) is 5.91 Å². The van der Waals surface area contributed by atoms with Crippen molar-refractivity contribution < 1.29 is 19.4 Å². The average Bonchev–Trinajstić information content (AvgIpc) is 3.17. The third kappa shape index (κ3) is 3.57. The maximum absolute atomic E-state index is 13.2. The Morgan fingerprint density at radius 2 is 1.78 bits per heavy atom. The van der Waals surface area contributed by atoms with E-state index in [2.05, 4.69) is 0 Å². The van der Waals surface area contributed by atoms with E-state index < -0.39 is 18.2 Å². The van der Waals surface area contributed by atoms with Crippen LogP contribution in [-0.2, 0) is 27.3 Å². The Morgan fingerprint density at radius 3 is 2.48 bits per heavy atom. The van der Waals surface area contributed by atoms with Crippen molar-refractivity contribution in [3.8, 4) is 0 Å². The zero-order chi connectivity index (χ0) is 19.0. The van der Waals surface area contributed by atoms with Crippen molar-refractivity contribution in [2.45, 2.75) is 44.1 Å². The van der Waals surface area contributed by atoms with Gasteiger partial charge < -0.3 is 14.7 Å². The molecule has 0 radical (unpaired) electrons. The van der Waals surface area contributed by atoms with Gasteiger partial charge in [-0.05, 0) is 48.1 Å². The number of rotatable bonds is 3. The molecule has 6 heteroatoms. The van der Waals surface area contributed by atoms with Gasteiger partial charge in [-0.3, -0.25) is 4.79 Å². The normalized spacial score (nSPS) is 24.5. The van der Waals surface area contributed by atoms with Gasteiger partial charge in [0, 0.05) is 11.6 Å². The van der Waals surface area contributed by atoms with Crippen LogP contribution in [0.1, 0.15) is 35.6 Å². The fraction of sp³-hybridized carbons (Fsp3) is 0.333. The molecule has 3 atom stereocenters. The van der Waals surface area contributed by atoms with Crippen molar-refractivity contribution >= 4 is 23.5 Å². The highest BCUT2D eigenvalue weighted by Gasteiger charge is 2.40. The number of fused-ring (bicyclic) bond motifs is 1. The van der Waals surface area contributed by atoms with Gasteiger partial charge in [-0.25, -0.2) is 4.79 Å². The first kappa shape index (κ1) is 18.0. The number of nitrogens with zero attached hydrogens (tertiary/aromatic N) is 1. The number of aliphatic carboxylic acids is 1. The van der Waals surface area contributed by atoms with Gasteiger partial charge in [-0.15, -0.1) is 0 Å². The van der Waals surface area contributed by atoms with Crippen LogP contribution < -0.4 is 0 Å². The van der Waals surface area contributed by atoms with E-state index in [0.29, 0.717) is 30.8 Å². The molecule has 1 N–H and O–H groups in total. The molecule has 2 aromatic rings. The summed E-state index contributed by atoms with van der Waals surface area (Å²) < 4.78 is 5.52. The van der Waals surface area contributed by atoms with E-state index in [9.17, 15) is 9.59 Å². The van der Waals surface area contributed by atoms with E-state index in [1.54, 1.807) is 0 Å². The van der Waals surface area contributed by atoms with Crippen molar-refractivity contribution in [2.24, 2.45) is 0 Å². The second-order valence-corrected chi connectivity index (χ2v) is 7.48. The molecule has 1 amide bonds. The van der Waals surface area contributed by atoms with E-state index in [0.717, 1.165) is 11.1 Å². The highest BCUT2D eigenvalue weighted by Crippen LogP contribution is 2.36. The molecule has 1 fully saturated rings. The lowest BCUT2D eigenvalue weighted by molar-refractivity contribution is -0.156. The Balaban J connectivity index is 1.65. The summed E-state index contributed by atoms with van der Waals surface area (Å²) in [6, 6.07) is 15.6. The van der Waals surface area contributed by atoms with Crippen molar-refractivity contribution in [1.29, 1.82) is 0 Å². The van der Waals surface area contributed by atoms with Crippen LogP contribution in [0.4, 0.5) is 0 Å². The standard InChI is InChI=1S/C21H20ClNO4/c22-16-7-6-14-11-17(13-4-2-1-3-5-13)23(12-15(14)10-16)20(24)18-8-9-19(27-18)21(25)26/h1-7,10,17-19H,8-9,11-12H2,(H,25,26)/t17?,18-,19+/m0/s1. The van der Waals surface area contributed by atoms with Crippen LogP contribution >= 0.6 is 11.6 Å². The van der Waals surface area contributed by atoms with Gasteiger partial charge >= 0.3 is 5.97 Å². The van der Waals surface area contributed by atoms with Gasteiger partial charge in [-0.2, -0.15) is 0 Å². The first-order chi connectivity index (χ1) is 13.0. The van der Waals surface area contributed by atoms with E-state index in [-0.39, 0.29) is 11.9 Å². The highest BCUT2D eigenvalue weighted by molar-refractivity contribution is 6.30. The molecule has 1 unspecified atom stereocenters. The largest absolute Gasteiger partial charge is 0.479 e. The molecule has 2 aliphatic heterocycles. The van der Waals surface area contributed by atoms with Gasteiger partial charge in [-0.1, -0.05) is 48.0 Å². The van der Waals surface area contributed by atoms with Crippen LogP contribution in [0.5, 0.6) is 0 Å². The van der Waals surface area contributed by atoms with Crippen molar-refractivity contribution in [3.05, 3.63) is 70.2 Å². The number of carbonyl (C=O) groups is 2. The van der Waals surface area contributed by atoms with E-state index in [4.69, 9.17) is 21.4 Å². The second kappa shape index (κ2) is 7.33. The molecule has 5 nitrogen and oxygen atoms in total. The summed E-state index contributed by atoms with van der Waals surface area (Å²) in [6.07, 6.45) is -0.135. The molecule has 0 bridgehead atoms. The maximum Gasteiger partial charge on any atom is 0.332 e. The minimum atomic E-state index is -1.01. The van der Waals surface area contributed by atoms with Crippen LogP contribution in [0.2, 0.25) is 5.02 Å². The topological polar surface area (TPSA) is 66.8 Å². The smallest absolute Gasteiger partial charge is 0.332 e. The quantitative estimate of drug-likeness (QED) is 0.876. The van der Waals surface area contributed by atoms with Gasteiger partial charge in [0.05, 0.1) is 6.04 Å². The molecular formula is C21H20ClNO4. The Bertz CT molecular complexity index is 870. The lowest BCUT2D eigenvalue weighted by Crippen LogP contribution is -2.44. The molecule has 2 aromatic carbocycles. The van der Waals surface area contributed by atoms with Crippen LogP contribution in [-0.4, -0.2) is 34.1 Å². The number of hydrogen-bond acceptors (Lipinski definition) is 3. The molecule has 27 heavy (non-hydrogen) atoms. The number of carboxylic acids is 1. The van der Waals surface area contributed by atoms with Gasteiger partial charge in [0.2, 0.25) is 0 Å². The fourth-order valence-corrected chi connectivity index (χ4v) is 4.14. The molecule has 2 aliphatic rings. The summed E-state index contributed by atoms with van der Waals surface area (Å²) in [5.41, 5.74) is 3.25. The molecule has 1 saturated heterocycles. The highest BCUT2D eigenvalue weighted by atomic mass is 35.5. The number of carboxylic acid groups (broad SMARTS) is 1. The summed E-state index contributed by atoms with van der Waals surface area (Å²) in [5.74, 6) is -1.17. The molecule has 2 heterocycles. The SMILES string of the molecule is O=C(O)[C@H]1CC[C@@H](C(=O)N2Cc3cc(Cl)ccc3CC2c2ccccc2)O1. The fourth-order valence-electron chi connectivity index (χ4n) is 3.94. The summed E-state index contributed by atoms with van der Waals surface area (Å²) in [4.78, 5) is 26.2. The third-order valence-corrected chi connectivity index (χ3v) is 5.57. The van der Waals surface area contributed by atoms with Crippen molar-refractivity contribution in [1.82, 2.24) is 4.90 Å². The van der Waals surface area contributed by atoms with Crippen molar-refractivity contribution in [2.75, 3.05) is 0 Å². The van der Waals surface area contributed by atoms with E-state index in [1.807, 2.05) is 53.4 Å². The third-order valence-electron chi connectivity index (χ3n) is 5.34. The Morgan fingerprint density at radius 1 is 1.04 bits per heavy atom. The monoisotopic (exact) mass is 385 g/mol. The predicted molar refractivity (Wildman–Crippen MR) is 100 cm³/mol. The first-order valence-electron chi connectivity index (χ1n) is 9.04. The summed E-state index contributed by atoms with van der Waals surface area (Å²) in [7, 11) is 0. The van der Waals surface area contributed by atoms with Crippen LogP contribution in [0, 0.1) is 0 Å². The lowest BCUT2D eigenvalue weighted by Gasteiger charge is -2.38.